The second kappa shape index (κ2) is 5.95. The van der Waals surface area contributed by atoms with Gasteiger partial charge in [-0.2, -0.15) is 13.2 Å². The smallest absolute Gasteiger partial charge is 0.419 e. The highest BCUT2D eigenvalue weighted by molar-refractivity contribution is 5.94. The van der Waals surface area contributed by atoms with Crippen molar-refractivity contribution in [3.05, 3.63) is 35.8 Å². The number of aliphatic hydroxyl groups excluding tert-OH is 1. The number of alkyl halides is 3. The number of hydrogen-bond acceptors (Lipinski definition) is 5. The van der Waals surface area contributed by atoms with Crippen molar-refractivity contribution in [3.8, 4) is 0 Å². The SMILES string of the molecule is O=C(O)c1cccc2nc(C(=O)N3CC[C@@](O)(C(F)(F)F)[C@H](O)C3)cn12. The van der Waals surface area contributed by atoms with Gasteiger partial charge >= 0.3 is 12.1 Å². The monoisotopic (exact) mass is 373 g/mol. The van der Waals surface area contributed by atoms with Crippen molar-refractivity contribution in [2.75, 3.05) is 13.1 Å². The van der Waals surface area contributed by atoms with Gasteiger partial charge in [0.15, 0.2) is 5.60 Å². The Morgan fingerprint density at radius 1 is 1.31 bits per heavy atom. The third-order valence-electron chi connectivity index (χ3n) is 4.42. The second-order valence-electron chi connectivity index (χ2n) is 6.01. The van der Waals surface area contributed by atoms with Crippen LogP contribution in [0.2, 0.25) is 0 Å². The van der Waals surface area contributed by atoms with Crippen LogP contribution in [-0.4, -0.2) is 72.5 Å². The molecule has 8 nitrogen and oxygen atoms in total. The van der Waals surface area contributed by atoms with Crippen LogP contribution in [0.4, 0.5) is 13.2 Å². The van der Waals surface area contributed by atoms with Crippen LogP contribution in [-0.2, 0) is 0 Å². The Bertz CT molecular complexity index is 881. The van der Waals surface area contributed by atoms with Crippen molar-refractivity contribution in [1.82, 2.24) is 14.3 Å². The summed E-state index contributed by atoms with van der Waals surface area (Å²) < 4.78 is 39.9. The number of carboxylic acids is 1. The quantitative estimate of drug-likeness (QED) is 0.708. The summed E-state index contributed by atoms with van der Waals surface area (Å²) in [4.78, 5) is 28.6. The molecule has 140 valence electrons. The Balaban J connectivity index is 1.86. The Kier molecular flexibility index (Phi) is 4.15. The maximum absolute atomic E-state index is 12.9. The third kappa shape index (κ3) is 2.78. The van der Waals surface area contributed by atoms with Crippen LogP contribution in [0, 0.1) is 0 Å². The number of carbonyl (C=O) groups excluding carboxylic acids is 1. The molecule has 0 unspecified atom stereocenters. The van der Waals surface area contributed by atoms with Crippen molar-refractivity contribution in [2.24, 2.45) is 0 Å². The summed E-state index contributed by atoms with van der Waals surface area (Å²) in [5, 5.41) is 28.5. The number of amides is 1. The van der Waals surface area contributed by atoms with E-state index in [0.717, 1.165) is 11.1 Å². The zero-order chi connectivity index (χ0) is 19.3. The Morgan fingerprint density at radius 2 is 2.00 bits per heavy atom. The van der Waals surface area contributed by atoms with Gasteiger partial charge in [0.2, 0.25) is 0 Å². The Labute approximate surface area is 144 Å². The molecule has 0 aromatic carbocycles. The molecule has 1 fully saturated rings. The normalized spacial score (nSPS) is 24.0. The van der Waals surface area contributed by atoms with Crippen molar-refractivity contribution in [1.29, 1.82) is 0 Å². The van der Waals surface area contributed by atoms with Gasteiger partial charge in [-0.15, -0.1) is 0 Å². The highest BCUT2D eigenvalue weighted by Crippen LogP contribution is 2.38. The number of aromatic nitrogens is 2. The van der Waals surface area contributed by atoms with Gasteiger partial charge in [0, 0.05) is 19.2 Å². The number of β-amino-alcohol motifs (C(OH)–C–C–N with tert-alkyl or cyclic N) is 1. The molecule has 0 spiro atoms. The van der Waals surface area contributed by atoms with E-state index < -0.39 is 49.3 Å². The average molecular weight is 373 g/mol. The maximum Gasteiger partial charge on any atom is 0.419 e. The average Bonchev–Trinajstić information content (AvgIpc) is 2.99. The molecule has 2 aromatic heterocycles. The number of halogens is 3. The van der Waals surface area contributed by atoms with E-state index >= 15 is 0 Å². The number of likely N-dealkylation sites (tertiary alicyclic amines) is 1. The summed E-state index contributed by atoms with van der Waals surface area (Å²) in [5.74, 6) is -2.01. The Morgan fingerprint density at radius 3 is 2.58 bits per heavy atom. The minimum atomic E-state index is -5.03. The molecule has 1 amide bonds. The van der Waals surface area contributed by atoms with Crippen LogP contribution in [0.1, 0.15) is 27.4 Å². The van der Waals surface area contributed by atoms with Gasteiger partial charge in [0.25, 0.3) is 5.91 Å². The van der Waals surface area contributed by atoms with Crippen LogP contribution in [0.3, 0.4) is 0 Å². The molecule has 1 saturated heterocycles. The van der Waals surface area contributed by atoms with Gasteiger partial charge in [0.05, 0.1) is 6.54 Å². The molecule has 2 aromatic rings. The maximum atomic E-state index is 12.9. The number of nitrogens with zero attached hydrogens (tertiary/aromatic N) is 3. The topological polar surface area (TPSA) is 115 Å². The molecule has 0 radical (unpaired) electrons. The lowest BCUT2D eigenvalue weighted by Crippen LogP contribution is -2.63. The number of fused-ring (bicyclic) bond motifs is 1. The van der Waals surface area contributed by atoms with Gasteiger partial charge < -0.3 is 20.2 Å². The van der Waals surface area contributed by atoms with Crippen LogP contribution in [0.25, 0.3) is 5.65 Å². The largest absolute Gasteiger partial charge is 0.477 e. The molecule has 3 heterocycles. The number of hydrogen-bond donors (Lipinski definition) is 3. The van der Waals surface area contributed by atoms with E-state index in [1.165, 1.54) is 22.6 Å². The Hall–Kier alpha value is -2.66. The molecule has 0 aliphatic carbocycles. The van der Waals surface area contributed by atoms with Crippen LogP contribution in [0.15, 0.2) is 24.4 Å². The van der Waals surface area contributed by atoms with E-state index in [-0.39, 0.29) is 17.0 Å². The van der Waals surface area contributed by atoms with Crippen molar-refractivity contribution < 1.29 is 38.1 Å². The number of imidazole rings is 1. The fraction of sp³-hybridized carbons (Fsp3) is 0.400. The minimum absolute atomic E-state index is 0.140. The summed E-state index contributed by atoms with van der Waals surface area (Å²) in [6, 6.07) is 4.21. The van der Waals surface area contributed by atoms with Crippen LogP contribution in [0.5, 0.6) is 0 Å². The molecular weight excluding hydrogens is 359 g/mol. The number of aromatic carboxylic acids is 1. The predicted molar refractivity (Wildman–Crippen MR) is 79.7 cm³/mol. The fourth-order valence-corrected chi connectivity index (χ4v) is 2.89. The number of carboxylic acid groups (broad SMARTS) is 1. The summed E-state index contributed by atoms with van der Waals surface area (Å²) in [7, 11) is 0. The van der Waals surface area contributed by atoms with Gasteiger partial charge in [0.1, 0.15) is 23.1 Å². The first kappa shape index (κ1) is 18.1. The highest BCUT2D eigenvalue weighted by Gasteiger charge is 2.60. The van der Waals surface area contributed by atoms with E-state index in [9.17, 15) is 33.0 Å². The summed E-state index contributed by atoms with van der Waals surface area (Å²) in [6.07, 6.45) is -6.94. The van der Waals surface area contributed by atoms with E-state index in [4.69, 9.17) is 5.11 Å². The molecule has 3 rings (SSSR count). The van der Waals surface area contributed by atoms with Crippen molar-refractivity contribution >= 4 is 17.5 Å². The number of carbonyl (C=O) groups is 2. The van der Waals surface area contributed by atoms with Gasteiger partial charge in [-0.3, -0.25) is 9.20 Å². The molecular formula is C15H14F3N3O5. The highest BCUT2D eigenvalue weighted by atomic mass is 19.4. The lowest BCUT2D eigenvalue weighted by Gasteiger charge is -2.42. The van der Waals surface area contributed by atoms with Gasteiger partial charge in [-0.05, 0) is 12.1 Å². The molecule has 0 saturated carbocycles. The van der Waals surface area contributed by atoms with Crippen molar-refractivity contribution in [3.63, 3.8) is 0 Å². The first-order valence-corrected chi connectivity index (χ1v) is 7.52. The van der Waals surface area contributed by atoms with Crippen LogP contribution < -0.4 is 0 Å². The summed E-state index contributed by atoms with van der Waals surface area (Å²) >= 11 is 0. The number of rotatable bonds is 2. The number of aliphatic hydroxyl groups is 2. The molecule has 0 bridgehead atoms. The lowest BCUT2D eigenvalue weighted by molar-refractivity contribution is -0.301. The van der Waals surface area contributed by atoms with Crippen LogP contribution >= 0.6 is 0 Å². The third-order valence-corrected chi connectivity index (χ3v) is 4.42. The molecule has 3 N–H and O–H groups in total. The molecule has 11 heteroatoms. The van der Waals surface area contributed by atoms with Gasteiger partial charge in [-0.1, -0.05) is 6.07 Å². The lowest BCUT2D eigenvalue weighted by atomic mass is 9.88. The van der Waals surface area contributed by atoms with E-state index in [1.54, 1.807) is 0 Å². The van der Waals surface area contributed by atoms with E-state index in [0.29, 0.717) is 0 Å². The van der Waals surface area contributed by atoms with E-state index in [2.05, 4.69) is 4.98 Å². The van der Waals surface area contributed by atoms with Gasteiger partial charge in [-0.25, -0.2) is 9.78 Å². The van der Waals surface area contributed by atoms with E-state index in [1.807, 2.05) is 0 Å². The number of piperidine rings is 1. The molecule has 1 aliphatic heterocycles. The first-order chi connectivity index (χ1) is 12.0. The zero-order valence-electron chi connectivity index (χ0n) is 13.1. The first-order valence-electron chi connectivity index (χ1n) is 7.52. The number of pyridine rings is 1. The molecule has 1 aliphatic rings. The molecule has 26 heavy (non-hydrogen) atoms. The fourth-order valence-electron chi connectivity index (χ4n) is 2.89. The standard InChI is InChI=1S/C15H14F3N3O5/c16-15(17,18)14(26)4-5-20(7-10(14)22)12(23)8-6-21-9(13(24)25)2-1-3-11(21)19-8/h1-3,6,10,22,26H,4-5,7H2,(H,24,25)/t10-,14+/m1/s1. The summed E-state index contributed by atoms with van der Waals surface area (Å²) in [5.41, 5.74) is -3.42. The predicted octanol–water partition coefficient (Wildman–Crippen LogP) is 0.533. The van der Waals surface area contributed by atoms with Crippen molar-refractivity contribution in [2.45, 2.75) is 24.3 Å². The second-order valence-corrected chi connectivity index (χ2v) is 6.01. The summed E-state index contributed by atoms with van der Waals surface area (Å²) in [6.45, 7) is -1.17. The molecule has 2 atom stereocenters. The zero-order valence-corrected chi connectivity index (χ0v) is 13.1. The minimum Gasteiger partial charge on any atom is -0.477 e.